The van der Waals surface area contributed by atoms with Crippen LogP contribution in [0.3, 0.4) is 0 Å². The zero-order valence-electron chi connectivity index (χ0n) is 18.9. The second-order valence-corrected chi connectivity index (χ2v) is 7.25. The summed E-state index contributed by atoms with van der Waals surface area (Å²) in [7, 11) is 0. The molecular weight excluding hydrogens is 470 g/mol. The molecule has 0 atom stereocenters. The number of nitrogens with zero attached hydrogens (tertiary/aromatic N) is 4. The lowest BCUT2D eigenvalue weighted by Crippen LogP contribution is -2.35. The number of azide groups is 1. The Morgan fingerprint density at radius 3 is 2.00 bits per heavy atom. The number of esters is 2. The third-order valence-electron chi connectivity index (χ3n) is 4.76. The molecule has 1 aromatic heterocycles. The number of H-pyrrole nitrogens is 1. The number of aromatic amines is 1. The van der Waals surface area contributed by atoms with E-state index in [0.717, 1.165) is 10.8 Å². The van der Waals surface area contributed by atoms with Gasteiger partial charge in [-0.05, 0) is 29.8 Å². The summed E-state index contributed by atoms with van der Waals surface area (Å²) < 4.78 is 17.2. The van der Waals surface area contributed by atoms with Crippen molar-refractivity contribution in [1.29, 1.82) is 0 Å². The normalized spacial score (nSPS) is 10.4. The molecule has 0 unspecified atom stereocenters. The summed E-state index contributed by atoms with van der Waals surface area (Å²) in [5.74, 6) is -1.24. The number of benzene rings is 2. The lowest BCUT2D eigenvalue weighted by atomic mass is 10.2. The molecule has 184 valence electrons. The minimum absolute atomic E-state index is 0.140. The SMILES string of the molecule is C=C(N=[N+]=[N-])c1cn(COC(COC(=O)c2ccccc2)COC(=O)c2ccccc2)c(=O)[nH]c1=O. The van der Waals surface area contributed by atoms with Crippen LogP contribution < -0.4 is 11.2 Å². The molecule has 3 aromatic rings. The molecule has 12 nitrogen and oxygen atoms in total. The Labute approximate surface area is 204 Å². The van der Waals surface area contributed by atoms with Crippen LogP contribution in [0.5, 0.6) is 0 Å². The molecule has 12 heteroatoms. The van der Waals surface area contributed by atoms with Crippen molar-refractivity contribution in [3.63, 3.8) is 0 Å². The van der Waals surface area contributed by atoms with Gasteiger partial charge in [0, 0.05) is 16.8 Å². The summed E-state index contributed by atoms with van der Waals surface area (Å²) in [5.41, 5.74) is 7.26. The van der Waals surface area contributed by atoms with Crippen LogP contribution in [-0.2, 0) is 20.9 Å². The predicted octanol–water partition coefficient (Wildman–Crippen LogP) is 2.87. The Kier molecular flexibility index (Phi) is 8.93. The molecule has 0 aliphatic rings. The average molecular weight is 491 g/mol. The van der Waals surface area contributed by atoms with Crippen LogP contribution in [0, 0.1) is 0 Å². The van der Waals surface area contributed by atoms with Gasteiger partial charge in [-0.3, -0.25) is 14.3 Å². The zero-order valence-corrected chi connectivity index (χ0v) is 18.9. The van der Waals surface area contributed by atoms with E-state index in [4.69, 9.17) is 19.7 Å². The molecule has 0 radical (unpaired) electrons. The fraction of sp³-hybridized carbons (Fsp3) is 0.167. The van der Waals surface area contributed by atoms with Gasteiger partial charge >= 0.3 is 17.6 Å². The molecule has 0 aliphatic heterocycles. The van der Waals surface area contributed by atoms with Crippen molar-refractivity contribution in [3.05, 3.63) is 121 Å². The fourth-order valence-corrected chi connectivity index (χ4v) is 2.90. The maximum atomic E-state index is 12.3. The molecule has 0 aliphatic carbocycles. The van der Waals surface area contributed by atoms with Gasteiger partial charge in [0.1, 0.15) is 26.0 Å². The smallest absolute Gasteiger partial charge is 0.338 e. The van der Waals surface area contributed by atoms with Gasteiger partial charge in [-0.15, -0.1) is 0 Å². The number of rotatable bonds is 11. The Morgan fingerprint density at radius 2 is 1.50 bits per heavy atom. The van der Waals surface area contributed by atoms with E-state index in [0.29, 0.717) is 11.1 Å². The first-order valence-electron chi connectivity index (χ1n) is 10.5. The quantitative estimate of drug-likeness (QED) is 0.186. The monoisotopic (exact) mass is 491 g/mol. The van der Waals surface area contributed by atoms with Crippen molar-refractivity contribution < 1.29 is 23.8 Å². The van der Waals surface area contributed by atoms with Crippen molar-refractivity contribution in [2.24, 2.45) is 5.11 Å². The fourth-order valence-electron chi connectivity index (χ4n) is 2.90. The lowest BCUT2D eigenvalue weighted by Gasteiger charge is -2.19. The largest absolute Gasteiger partial charge is 0.459 e. The molecular formula is C24H21N5O7. The average Bonchev–Trinajstić information content (AvgIpc) is 2.89. The van der Waals surface area contributed by atoms with E-state index in [1.54, 1.807) is 60.7 Å². The van der Waals surface area contributed by atoms with Gasteiger partial charge in [-0.1, -0.05) is 48.1 Å². The Balaban J connectivity index is 1.73. The maximum absolute atomic E-state index is 12.3. The van der Waals surface area contributed by atoms with Gasteiger partial charge in [0.15, 0.2) is 0 Å². The lowest BCUT2D eigenvalue weighted by molar-refractivity contribution is -0.0635. The molecule has 0 fully saturated rings. The number of ether oxygens (including phenoxy) is 3. The zero-order chi connectivity index (χ0) is 25.9. The van der Waals surface area contributed by atoms with E-state index < -0.39 is 36.0 Å². The number of nitrogens with one attached hydrogen (secondary N) is 1. The van der Waals surface area contributed by atoms with Crippen LogP contribution in [0.1, 0.15) is 26.3 Å². The highest BCUT2D eigenvalue weighted by Crippen LogP contribution is 2.09. The number of carbonyl (C=O) groups is 2. The van der Waals surface area contributed by atoms with Crippen LogP contribution in [0.2, 0.25) is 0 Å². The van der Waals surface area contributed by atoms with Crippen molar-refractivity contribution in [2.75, 3.05) is 13.2 Å². The highest BCUT2D eigenvalue weighted by molar-refractivity contribution is 5.89. The second kappa shape index (κ2) is 12.5. The van der Waals surface area contributed by atoms with Crippen LogP contribution in [-0.4, -0.2) is 40.8 Å². The van der Waals surface area contributed by atoms with Crippen molar-refractivity contribution in [3.8, 4) is 0 Å². The van der Waals surface area contributed by atoms with Crippen molar-refractivity contribution >= 4 is 17.6 Å². The molecule has 1 heterocycles. The Morgan fingerprint density at radius 1 is 0.972 bits per heavy atom. The van der Waals surface area contributed by atoms with E-state index in [-0.39, 0.29) is 24.5 Å². The van der Waals surface area contributed by atoms with E-state index in [2.05, 4.69) is 21.6 Å². The molecule has 3 rings (SSSR count). The highest BCUT2D eigenvalue weighted by Gasteiger charge is 2.18. The number of hydrogen-bond acceptors (Lipinski definition) is 8. The summed E-state index contributed by atoms with van der Waals surface area (Å²) in [6, 6.07) is 16.5. The van der Waals surface area contributed by atoms with E-state index in [1.807, 2.05) is 0 Å². The topological polar surface area (TPSA) is 165 Å². The van der Waals surface area contributed by atoms with Gasteiger partial charge in [0.2, 0.25) is 0 Å². The summed E-state index contributed by atoms with van der Waals surface area (Å²) in [6.07, 6.45) is 0.147. The summed E-state index contributed by atoms with van der Waals surface area (Å²) in [5, 5.41) is 3.27. The summed E-state index contributed by atoms with van der Waals surface area (Å²) >= 11 is 0. The van der Waals surface area contributed by atoms with E-state index in [9.17, 15) is 19.2 Å². The number of aromatic nitrogens is 2. The molecule has 0 amide bonds. The maximum Gasteiger partial charge on any atom is 0.338 e. The highest BCUT2D eigenvalue weighted by atomic mass is 16.6. The van der Waals surface area contributed by atoms with E-state index >= 15 is 0 Å². The second-order valence-electron chi connectivity index (χ2n) is 7.25. The van der Waals surface area contributed by atoms with Crippen molar-refractivity contribution in [1.82, 2.24) is 9.55 Å². The van der Waals surface area contributed by atoms with E-state index in [1.165, 1.54) is 0 Å². The van der Waals surface area contributed by atoms with Crippen LogP contribution in [0.4, 0.5) is 0 Å². The van der Waals surface area contributed by atoms with Gasteiger partial charge in [-0.25, -0.2) is 14.4 Å². The van der Waals surface area contributed by atoms with Crippen molar-refractivity contribution in [2.45, 2.75) is 12.8 Å². The molecule has 1 N–H and O–H groups in total. The van der Waals surface area contributed by atoms with Crippen LogP contribution in [0.25, 0.3) is 16.1 Å². The van der Waals surface area contributed by atoms with Crippen LogP contribution >= 0.6 is 0 Å². The first kappa shape index (κ1) is 25.7. The third kappa shape index (κ3) is 7.03. The number of hydrogen-bond donors (Lipinski definition) is 1. The van der Waals surface area contributed by atoms with Gasteiger partial charge in [0.05, 0.1) is 16.7 Å². The first-order chi connectivity index (χ1) is 17.4. The van der Waals surface area contributed by atoms with Crippen LogP contribution in [0.15, 0.2) is 88.1 Å². The minimum Gasteiger partial charge on any atom is -0.459 e. The number of carbonyl (C=O) groups excluding carboxylic acids is 2. The molecule has 0 spiro atoms. The van der Waals surface area contributed by atoms with Gasteiger partial charge in [-0.2, -0.15) is 0 Å². The summed E-state index contributed by atoms with van der Waals surface area (Å²) in [4.78, 5) is 53.5. The minimum atomic E-state index is -0.965. The molecule has 0 saturated carbocycles. The Bertz CT molecular complexity index is 1340. The van der Waals surface area contributed by atoms with Gasteiger partial charge < -0.3 is 14.2 Å². The molecule has 0 bridgehead atoms. The molecule has 0 saturated heterocycles. The Hall–Kier alpha value is -4.93. The molecule has 36 heavy (non-hydrogen) atoms. The molecule has 2 aromatic carbocycles. The van der Waals surface area contributed by atoms with Gasteiger partial charge in [0.25, 0.3) is 5.56 Å². The predicted molar refractivity (Wildman–Crippen MR) is 128 cm³/mol. The third-order valence-corrected chi connectivity index (χ3v) is 4.76. The first-order valence-corrected chi connectivity index (χ1v) is 10.5. The standard InChI is InChI=1S/C24H21N5O7/c1-16(27-28-25)20-12-29(24(33)26-21(20)30)15-36-19(13-34-22(31)17-8-4-2-5-9-17)14-35-23(32)18-10-6-3-7-11-18/h2-12,19H,1,13-15H2,(H,26,30,33). The summed E-state index contributed by atoms with van der Waals surface area (Å²) in [6.45, 7) is 2.47.